The second-order valence-electron chi connectivity index (χ2n) is 11.2. The van der Waals surface area contributed by atoms with Crippen LogP contribution in [0.3, 0.4) is 0 Å². The second-order valence-corrected chi connectivity index (χ2v) is 11.2. The van der Waals surface area contributed by atoms with E-state index < -0.39 is 0 Å². The Balaban J connectivity index is 1.11. The normalized spacial score (nSPS) is 27.7. The number of carbonyl (C=O) groups is 1. The Morgan fingerprint density at radius 3 is 2.33 bits per heavy atom. The Bertz CT molecular complexity index is 813. The summed E-state index contributed by atoms with van der Waals surface area (Å²) in [6, 6.07) is 0.185. The first-order valence-electron chi connectivity index (χ1n) is 14.3. The van der Waals surface area contributed by atoms with E-state index in [2.05, 4.69) is 31.5 Å². The minimum Gasteiger partial charge on any atom is -0.373 e. The zero-order valence-corrected chi connectivity index (χ0v) is 22.4. The smallest absolute Gasteiger partial charge is 0.229 e. The molecule has 10 nitrogen and oxygen atoms in total. The summed E-state index contributed by atoms with van der Waals surface area (Å²) in [6.45, 7) is 13.1. The van der Waals surface area contributed by atoms with Crippen molar-refractivity contribution in [1.82, 2.24) is 29.4 Å². The van der Waals surface area contributed by atoms with Gasteiger partial charge in [0.15, 0.2) is 5.96 Å². The summed E-state index contributed by atoms with van der Waals surface area (Å²) in [5.74, 6) is 2.51. The van der Waals surface area contributed by atoms with Crippen LogP contribution in [0.5, 0.6) is 0 Å². The average Bonchev–Trinajstić information content (AvgIpc) is 3.68. The molecule has 1 saturated carbocycles. The fraction of sp³-hybridized carbons (Fsp3) is 0.885. The molecule has 1 aliphatic carbocycles. The van der Waals surface area contributed by atoms with Gasteiger partial charge in [0.1, 0.15) is 6.23 Å². The summed E-state index contributed by atoms with van der Waals surface area (Å²) in [5, 5.41) is 11.0. The first kappa shape index (κ1) is 25.7. The highest BCUT2D eigenvalue weighted by atomic mass is 16.3. The van der Waals surface area contributed by atoms with Crippen molar-refractivity contribution < 1.29 is 9.90 Å². The van der Waals surface area contributed by atoms with Gasteiger partial charge in [0.05, 0.1) is 19.1 Å². The Morgan fingerprint density at radius 1 is 0.972 bits per heavy atom. The van der Waals surface area contributed by atoms with Crippen LogP contribution in [-0.2, 0) is 4.79 Å². The number of hydrogen-bond donors (Lipinski definition) is 1. The van der Waals surface area contributed by atoms with Gasteiger partial charge in [-0.3, -0.25) is 19.6 Å². The largest absolute Gasteiger partial charge is 0.373 e. The Labute approximate surface area is 216 Å². The zero-order chi connectivity index (χ0) is 25.1. The van der Waals surface area contributed by atoms with Crippen LogP contribution in [0.15, 0.2) is 9.98 Å². The van der Waals surface area contributed by atoms with Crippen LogP contribution in [0.25, 0.3) is 0 Å². The van der Waals surface area contributed by atoms with E-state index in [1.807, 2.05) is 11.8 Å². The first-order valence-corrected chi connectivity index (χ1v) is 14.3. The van der Waals surface area contributed by atoms with Crippen molar-refractivity contribution in [2.24, 2.45) is 15.9 Å². The van der Waals surface area contributed by atoms with Gasteiger partial charge in [-0.25, -0.2) is 4.99 Å². The lowest BCUT2D eigenvalue weighted by Gasteiger charge is -2.40. The molecule has 4 heterocycles. The monoisotopic (exact) mass is 502 g/mol. The number of amides is 1. The summed E-state index contributed by atoms with van der Waals surface area (Å²) in [7, 11) is 2.15. The van der Waals surface area contributed by atoms with Crippen LogP contribution in [0, 0.1) is 5.92 Å². The minimum atomic E-state index is -0.379. The molecule has 0 aromatic carbocycles. The maximum Gasteiger partial charge on any atom is 0.229 e. The van der Waals surface area contributed by atoms with Crippen molar-refractivity contribution in [3.63, 3.8) is 0 Å². The molecule has 2 atom stereocenters. The number of rotatable bonds is 6. The second kappa shape index (κ2) is 11.6. The highest BCUT2D eigenvalue weighted by Crippen LogP contribution is 2.30. The Hall–Kier alpha value is -1.91. The zero-order valence-electron chi connectivity index (χ0n) is 22.4. The quantitative estimate of drug-likeness (QED) is 0.563. The molecule has 0 aromatic heterocycles. The van der Waals surface area contributed by atoms with Crippen molar-refractivity contribution in [1.29, 1.82) is 0 Å². The van der Waals surface area contributed by atoms with Crippen LogP contribution < -0.4 is 0 Å². The highest BCUT2D eigenvalue weighted by molar-refractivity contribution is 5.98. The van der Waals surface area contributed by atoms with Crippen LogP contribution in [0.2, 0.25) is 0 Å². The van der Waals surface area contributed by atoms with E-state index in [-0.39, 0.29) is 18.2 Å². The third-order valence-corrected chi connectivity index (χ3v) is 8.75. The van der Waals surface area contributed by atoms with Gasteiger partial charge in [0, 0.05) is 77.8 Å². The summed E-state index contributed by atoms with van der Waals surface area (Å²) < 4.78 is 0. The standard InChI is InChI=1S/C26H46N8O2/c1-3-23(35)34-20-22(28-26(34)32-16-12-29(2)13-17-32)8-10-30-14-18-31(19-15-30)25-27-9-11-33(25)24(36)21-6-4-5-7-21/h21-22,24,36H,3-20H2,1-2H3. The molecule has 0 radical (unpaired) electrons. The minimum absolute atomic E-state index is 0.185. The molecule has 2 saturated heterocycles. The lowest BCUT2D eigenvalue weighted by Crippen LogP contribution is -2.55. The first-order chi connectivity index (χ1) is 17.5. The lowest BCUT2D eigenvalue weighted by atomic mass is 10.1. The predicted molar refractivity (Wildman–Crippen MR) is 142 cm³/mol. The maximum atomic E-state index is 12.7. The maximum absolute atomic E-state index is 12.7. The number of carbonyl (C=O) groups excluding carboxylic acids is 1. The van der Waals surface area contributed by atoms with Gasteiger partial charge in [0.2, 0.25) is 11.9 Å². The average molecular weight is 503 g/mol. The molecule has 0 aromatic rings. The van der Waals surface area contributed by atoms with E-state index in [0.29, 0.717) is 12.3 Å². The third kappa shape index (κ3) is 5.65. The topological polar surface area (TPSA) is 81.5 Å². The summed E-state index contributed by atoms with van der Waals surface area (Å²) in [6.07, 6.45) is 5.89. The molecular weight excluding hydrogens is 456 g/mol. The number of hydrogen-bond acceptors (Lipinski definition) is 9. The van der Waals surface area contributed by atoms with E-state index >= 15 is 0 Å². The molecule has 5 aliphatic rings. The van der Waals surface area contributed by atoms with Gasteiger partial charge in [0.25, 0.3) is 0 Å². The van der Waals surface area contributed by atoms with E-state index in [9.17, 15) is 9.90 Å². The van der Waals surface area contributed by atoms with Crippen LogP contribution >= 0.6 is 0 Å². The fourth-order valence-electron chi connectivity index (χ4n) is 6.38. The fourth-order valence-corrected chi connectivity index (χ4v) is 6.38. The highest BCUT2D eigenvalue weighted by Gasteiger charge is 2.36. The number of piperazine rings is 2. The molecule has 5 rings (SSSR count). The number of likely N-dealkylation sites (N-methyl/N-ethyl adjacent to an activating group) is 1. The molecule has 10 heteroatoms. The predicted octanol–water partition coefficient (Wildman–Crippen LogP) is 0.399. The van der Waals surface area contributed by atoms with E-state index in [1.165, 1.54) is 12.8 Å². The third-order valence-electron chi connectivity index (χ3n) is 8.75. The Kier molecular flexibility index (Phi) is 8.32. The summed E-state index contributed by atoms with van der Waals surface area (Å²) >= 11 is 0. The SMILES string of the molecule is CCC(=O)N1CC(CCN2CCN(C3=NCCN3C(O)C3CCCC3)CC2)N=C1N1CCN(C)CC1. The summed E-state index contributed by atoms with van der Waals surface area (Å²) in [4.78, 5) is 36.2. The van der Waals surface area contributed by atoms with Crippen molar-refractivity contribution in [3.8, 4) is 0 Å². The molecule has 1 amide bonds. The van der Waals surface area contributed by atoms with Crippen molar-refractivity contribution in [2.75, 3.05) is 85.6 Å². The molecular formula is C26H46N8O2. The molecule has 2 unspecified atom stereocenters. The van der Waals surface area contributed by atoms with Crippen molar-refractivity contribution in [2.45, 2.75) is 57.7 Å². The van der Waals surface area contributed by atoms with Crippen LogP contribution in [-0.4, -0.2) is 150 Å². The van der Waals surface area contributed by atoms with Gasteiger partial charge in [-0.2, -0.15) is 0 Å². The van der Waals surface area contributed by atoms with Gasteiger partial charge in [-0.05, 0) is 26.3 Å². The molecule has 0 bridgehead atoms. The van der Waals surface area contributed by atoms with Crippen molar-refractivity contribution >= 4 is 17.8 Å². The molecule has 4 aliphatic heterocycles. The number of aliphatic hydroxyl groups excluding tert-OH is 1. The molecule has 1 N–H and O–H groups in total. The van der Waals surface area contributed by atoms with Crippen molar-refractivity contribution in [3.05, 3.63) is 0 Å². The number of guanidine groups is 2. The van der Waals surface area contributed by atoms with Gasteiger partial charge >= 0.3 is 0 Å². The molecule has 36 heavy (non-hydrogen) atoms. The molecule has 202 valence electrons. The number of nitrogens with zero attached hydrogens (tertiary/aromatic N) is 8. The Morgan fingerprint density at radius 2 is 1.64 bits per heavy atom. The lowest BCUT2D eigenvalue weighted by molar-refractivity contribution is -0.127. The van der Waals surface area contributed by atoms with Crippen LogP contribution in [0.1, 0.15) is 45.4 Å². The van der Waals surface area contributed by atoms with E-state index in [0.717, 1.165) is 110 Å². The van der Waals surface area contributed by atoms with E-state index in [4.69, 9.17) is 9.98 Å². The number of aliphatic hydroxyl groups is 1. The summed E-state index contributed by atoms with van der Waals surface area (Å²) in [5.41, 5.74) is 0. The van der Waals surface area contributed by atoms with Gasteiger partial charge < -0.3 is 24.7 Å². The van der Waals surface area contributed by atoms with Crippen LogP contribution in [0.4, 0.5) is 0 Å². The van der Waals surface area contributed by atoms with Gasteiger partial charge in [-0.1, -0.05) is 19.8 Å². The number of aliphatic imine (C=N–C) groups is 2. The van der Waals surface area contributed by atoms with Gasteiger partial charge in [-0.15, -0.1) is 0 Å². The molecule has 0 spiro atoms. The van der Waals surface area contributed by atoms with E-state index in [1.54, 1.807) is 0 Å². The molecule has 3 fully saturated rings.